The lowest BCUT2D eigenvalue weighted by atomic mass is 10.3. The van der Waals surface area contributed by atoms with Crippen LogP contribution in [0.2, 0.25) is 0 Å². The van der Waals surface area contributed by atoms with E-state index in [1.165, 1.54) is 10.9 Å². The highest BCUT2D eigenvalue weighted by Crippen LogP contribution is 2.16. The van der Waals surface area contributed by atoms with Crippen LogP contribution in [-0.2, 0) is 20.0 Å². The molecule has 0 fully saturated rings. The summed E-state index contributed by atoms with van der Waals surface area (Å²) in [5.74, 6) is 0.222. The van der Waals surface area contributed by atoms with Gasteiger partial charge in [-0.05, 0) is 19.4 Å². The minimum Gasteiger partial charge on any atom is -0.389 e. The van der Waals surface area contributed by atoms with Crippen molar-refractivity contribution in [2.45, 2.75) is 26.8 Å². The van der Waals surface area contributed by atoms with Gasteiger partial charge in [0.25, 0.3) is 5.91 Å². The fourth-order valence-corrected chi connectivity index (χ4v) is 2.15. The number of hydrogen-bond donors (Lipinski definition) is 2. The summed E-state index contributed by atoms with van der Waals surface area (Å²) in [4.78, 5) is 12.6. The molecular formula is C13H18N6OS. The first-order valence-electron chi connectivity index (χ1n) is 6.67. The Bertz CT molecular complexity index is 687. The first kappa shape index (κ1) is 15.2. The zero-order valence-corrected chi connectivity index (χ0v) is 13.1. The number of nitrogens with zero attached hydrogens (tertiary/aromatic N) is 4. The molecular weight excluding hydrogens is 288 g/mol. The van der Waals surface area contributed by atoms with Gasteiger partial charge in [0, 0.05) is 13.6 Å². The maximum absolute atomic E-state index is 12.5. The van der Waals surface area contributed by atoms with Crippen LogP contribution >= 0.6 is 12.2 Å². The molecule has 21 heavy (non-hydrogen) atoms. The van der Waals surface area contributed by atoms with Crippen molar-refractivity contribution in [1.82, 2.24) is 19.6 Å². The molecule has 0 saturated heterocycles. The van der Waals surface area contributed by atoms with Gasteiger partial charge in [0.1, 0.15) is 16.5 Å². The van der Waals surface area contributed by atoms with E-state index in [4.69, 9.17) is 18.0 Å². The van der Waals surface area contributed by atoms with E-state index in [0.29, 0.717) is 23.6 Å². The van der Waals surface area contributed by atoms with Gasteiger partial charge in [-0.25, -0.2) is 0 Å². The van der Waals surface area contributed by atoms with Gasteiger partial charge in [0.2, 0.25) is 0 Å². The standard InChI is InChI=1S/C13H18N6OS/c1-4-8-6-10(19(5-2)17-8)13(20)16-12-9(11(14)21)7-15-18(12)3/h6-7H,4-5H2,1-3H3,(H2,14,21)(H,16,20). The Morgan fingerprint density at radius 2 is 2.19 bits per heavy atom. The third kappa shape index (κ3) is 2.94. The predicted molar refractivity (Wildman–Crippen MR) is 84.3 cm³/mol. The Kier molecular flexibility index (Phi) is 4.37. The van der Waals surface area contributed by atoms with E-state index in [1.807, 2.05) is 13.8 Å². The molecule has 0 aliphatic carbocycles. The fraction of sp³-hybridized carbons (Fsp3) is 0.385. The predicted octanol–water partition coefficient (Wildman–Crippen LogP) is 1.09. The van der Waals surface area contributed by atoms with Crippen LogP contribution in [0.3, 0.4) is 0 Å². The van der Waals surface area contributed by atoms with Crippen molar-refractivity contribution in [1.29, 1.82) is 0 Å². The zero-order valence-electron chi connectivity index (χ0n) is 12.3. The summed E-state index contributed by atoms with van der Waals surface area (Å²) in [7, 11) is 1.71. The maximum Gasteiger partial charge on any atom is 0.275 e. The third-order valence-electron chi connectivity index (χ3n) is 3.16. The summed E-state index contributed by atoms with van der Waals surface area (Å²) in [5.41, 5.74) is 7.55. The lowest BCUT2D eigenvalue weighted by Crippen LogP contribution is -2.21. The van der Waals surface area contributed by atoms with Gasteiger partial charge in [-0.1, -0.05) is 19.1 Å². The van der Waals surface area contributed by atoms with E-state index >= 15 is 0 Å². The Balaban J connectivity index is 2.32. The van der Waals surface area contributed by atoms with Crippen LogP contribution in [0.25, 0.3) is 0 Å². The van der Waals surface area contributed by atoms with Crippen molar-refractivity contribution >= 4 is 28.9 Å². The minimum absolute atomic E-state index is 0.191. The summed E-state index contributed by atoms with van der Waals surface area (Å²) >= 11 is 4.96. The number of carbonyl (C=O) groups is 1. The highest BCUT2D eigenvalue weighted by molar-refractivity contribution is 7.80. The van der Waals surface area contributed by atoms with Crippen molar-refractivity contribution in [2.75, 3.05) is 5.32 Å². The number of carbonyl (C=O) groups excluding carboxylic acids is 1. The number of hydrogen-bond acceptors (Lipinski definition) is 4. The van der Waals surface area contributed by atoms with Gasteiger partial charge in [-0.2, -0.15) is 10.2 Å². The number of thiocarbonyl (C=S) groups is 1. The smallest absolute Gasteiger partial charge is 0.275 e. The van der Waals surface area contributed by atoms with Gasteiger partial charge >= 0.3 is 0 Å². The molecule has 3 N–H and O–H groups in total. The average molecular weight is 306 g/mol. The Labute approximate surface area is 128 Å². The second kappa shape index (κ2) is 6.04. The Morgan fingerprint density at radius 1 is 1.48 bits per heavy atom. The Morgan fingerprint density at radius 3 is 2.76 bits per heavy atom. The molecule has 2 heterocycles. The lowest BCUT2D eigenvalue weighted by molar-refractivity contribution is 0.101. The lowest BCUT2D eigenvalue weighted by Gasteiger charge is -2.08. The zero-order chi connectivity index (χ0) is 15.6. The molecule has 2 aromatic rings. The second-order valence-corrected chi connectivity index (χ2v) is 4.98. The van der Waals surface area contributed by atoms with E-state index in [2.05, 4.69) is 15.5 Å². The van der Waals surface area contributed by atoms with Crippen molar-refractivity contribution in [3.05, 3.63) is 29.2 Å². The van der Waals surface area contributed by atoms with Crippen molar-refractivity contribution < 1.29 is 4.79 Å². The number of aryl methyl sites for hydroxylation is 3. The van der Waals surface area contributed by atoms with Gasteiger partial charge in [0.15, 0.2) is 0 Å². The number of aromatic nitrogens is 4. The highest BCUT2D eigenvalue weighted by Gasteiger charge is 2.18. The van der Waals surface area contributed by atoms with Crippen LogP contribution in [0.15, 0.2) is 12.3 Å². The van der Waals surface area contributed by atoms with E-state index in [9.17, 15) is 4.79 Å². The molecule has 0 aliphatic heterocycles. The molecule has 112 valence electrons. The van der Waals surface area contributed by atoms with Crippen molar-refractivity contribution in [2.24, 2.45) is 12.8 Å². The van der Waals surface area contributed by atoms with Gasteiger partial charge in [0.05, 0.1) is 17.5 Å². The van der Waals surface area contributed by atoms with Crippen molar-refractivity contribution in [3.8, 4) is 0 Å². The van der Waals surface area contributed by atoms with Crippen LogP contribution < -0.4 is 11.1 Å². The number of nitrogens with two attached hydrogens (primary N) is 1. The quantitative estimate of drug-likeness (QED) is 0.807. The third-order valence-corrected chi connectivity index (χ3v) is 3.38. The van der Waals surface area contributed by atoms with Crippen LogP contribution in [0.1, 0.15) is 35.6 Å². The van der Waals surface area contributed by atoms with E-state index < -0.39 is 0 Å². The maximum atomic E-state index is 12.5. The van der Waals surface area contributed by atoms with Gasteiger partial charge < -0.3 is 11.1 Å². The normalized spacial score (nSPS) is 10.6. The molecule has 7 nitrogen and oxygen atoms in total. The van der Waals surface area contributed by atoms with Crippen LogP contribution in [0, 0.1) is 0 Å². The molecule has 1 amide bonds. The van der Waals surface area contributed by atoms with Crippen LogP contribution in [0.4, 0.5) is 5.82 Å². The number of nitrogens with one attached hydrogen (secondary N) is 1. The number of anilines is 1. The van der Waals surface area contributed by atoms with Crippen LogP contribution in [-0.4, -0.2) is 30.5 Å². The molecule has 0 unspecified atom stereocenters. The molecule has 0 bridgehead atoms. The summed E-state index contributed by atoms with van der Waals surface area (Å²) in [6.45, 7) is 4.56. The largest absolute Gasteiger partial charge is 0.389 e. The first-order chi connectivity index (χ1) is 9.97. The number of amides is 1. The fourth-order valence-electron chi connectivity index (χ4n) is 2.00. The van der Waals surface area contributed by atoms with Crippen molar-refractivity contribution in [3.63, 3.8) is 0 Å². The number of rotatable bonds is 5. The highest BCUT2D eigenvalue weighted by atomic mass is 32.1. The van der Waals surface area contributed by atoms with Crippen LogP contribution in [0.5, 0.6) is 0 Å². The summed E-state index contributed by atoms with van der Waals surface area (Å²) in [6, 6.07) is 1.79. The average Bonchev–Trinajstić information content (AvgIpc) is 3.03. The monoisotopic (exact) mass is 306 g/mol. The molecule has 0 saturated carbocycles. The van der Waals surface area contributed by atoms with E-state index in [1.54, 1.807) is 17.8 Å². The van der Waals surface area contributed by atoms with Gasteiger partial charge in [-0.3, -0.25) is 14.2 Å². The molecule has 8 heteroatoms. The Hall–Kier alpha value is -2.22. The second-order valence-electron chi connectivity index (χ2n) is 4.54. The molecule has 0 radical (unpaired) electrons. The molecule has 0 aromatic carbocycles. The summed E-state index contributed by atoms with van der Waals surface area (Å²) in [6.07, 6.45) is 2.31. The van der Waals surface area contributed by atoms with E-state index in [-0.39, 0.29) is 10.9 Å². The minimum atomic E-state index is -0.259. The molecule has 2 rings (SSSR count). The van der Waals surface area contributed by atoms with Gasteiger partial charge in [-0.15, -0.1) is 0 Å². The molecule has 0 atom stereocenters. The first-order valence-corrected chi connectivity index (χ1v) is 7.08. The molecule has 0 spiro atoms. The SMILES string of the molecule is CCc1cc(C(=O)Nc2c(C(N)=S)cnn2C)n(CC)n1. The van der Waals surface area contributed by atoms with E-state index in [0.717, 1.165) is 12.1 Å². The summed E-state index contributed by atoms with van der Waals surface area (Å²) in [5, 5.41) is 11.2. The molecule has 2 aromatic heterocycles. The summed E-state index contributed by atoms with van der Waals surface area (Å²) < 4.78 is 3.20. The molecule has 0 aliphatic rings. The topological polar surface area (TPSA) is 90.8 Å².